The molecule has 0 radical (unpaired) electrons. The fourth-order valence-corrected chi connectivity index (χ4v) is 1.64. The molecule has 0 atom stereocenters. The summed E-state index contributed by atoms with van der Waals surface area (Å²) in [7, 11) is 1.61. The Morgan fingerprint density at radius 3 is 3.06 bits per heavy atom. The van der Waals surface area contributed by atoms with E-state index in [1.54, 1.807) is 13.3 Å². The van der Waals surface area contributed by atoms with Gasteiger partial charge in [-0.15, -0.1) is 0 Å². The standard InChI is InChI=1S/C11H18N4O/c1-16-10-7-14-11(12)15-9(10)6-13-5-4-8-2-3-8/h7-8,13H,2-6H2,1H3,(H2,12,14,15). The lowest BCUT2D eigenvalue weighted by Gasteiger charge is -2.08. The molecule has 0 unspecified atom stereocenters. The predicted molar refractivity (Wildman–Crippen MR) is 62.0 cm³/mol. The minimum absolute atomic E-state index is 0.291. The molecule has 1 aliphatic rings. The van der Waals surface area contributed by atoms with Crippen molar-refractivity contribution in [1.82, 2.24) is 15.3 Å². The number of ether oxygens (including phenoxy) is 1. The average Bonchev–Trinajstić information content (AvgIpc) is 3.08. The number of anilines is 1. The molecular formula is C11H18N4O. The summed E-state index contributed by atoms with van der Waals surface area (Å²) in [5, 5.41) is 3.35. The molecule has 0 aromatic carbocycles. The number of methoxy groups -OCH3 is 1. The van der Waals surface area contributed by atoms with Gasteiger partial charge in [-0.25, -0.2) is 9.97 Å². The normalized spacial score (nSPS) is 15.1. The van der Waals surface area contributed by atoms with Crippen molar-refractivity contribution in [1.29, 1.82) is 0 Å². The van der Waals surface area contributed by atoms with Crippen molar-refractivity contribution in [2.24, 2.45) is 5.92 Å². The average molecular weight is 222 g/mol. The molecule has 88 valence electrons. The smallest absolute Gasteiger partial charge is 0.220 e. The Kier molecular flexibility index (Phi) is 3.56. The molecule has 16 heavy (non-hydrogen) atoms. The van der Waals surface area contributed by atoms with E-state index in [9.17, 15) is 0 Å². The van der Waals surface area contributed by atoms with Crippen LogP contribution in [0.4, 0.5) is 5.95 Å². The van der Waals surface area contributed by atoms with E-state index in [-0.39, 0.29) is 0 Å². The third-order valence-electron chi connectivity index (χ3n) is 2.79. The van der Waals surface area contributed by atoms with Crippen molar-refractivity contribution in [3.05, 3.63) is 11.9 Å². The van der Waals surface area contributed by atoms with Crippen LogP contribution in [0.5, 0.6) is 5.75 Å². The van der Waals surface area contributed by atoms with Gasteiger partial charge in [-0.2, -0.15) is 0 Å². The van der Waals surface area contributed by atoms with Gasteiger partial charge < -0.3 is 15.8 Å². The molecular weight excluding hydrogens is 204 g/mol. The van der Waals surface area contributed by atoms with Crippen LogP contribution in [0.15, 0.2) is 6.20 Å². The Morgan fingerprint density at radius 2 is 2.38 bits per heavy atom. The maximum absolute atomic E-state index is 5.54. The second-order valence-corrected chi connectivity index (χ2v) is 4.15. The first-order valence-electron chi connectivity index (χ1n) is 5.65. The largest absolute Gasteiger partial charge is 0.493 e. The summed E-state index contributed by atoms with van der Waals surface area (Å²) in [6.07, 6.45) is 5.65. The fraction of sp³-hybridized carbons (Fsp3) is 0.636. The summed E-state index contributed by atoms with van der Waals surface area (Å²) in [6, 6.07) is 0. The molecule has 5 heteroatoms. The summed E-state index contributed by atoms with van der Waals surface area (Å²) in [6.45, 7) is 1.71. The van der Waals surface area contributed by atoms with Gasteiger partial charge in [0, 0.05) is 6.54 Å². The third-order valence-corrected chi connectivity index (χ3v) is 2.79. The summed E-state index contributed by atoms with van der Waals surface area (Å²) < 4.78 is 5.17. The highest BCUT2D eigenvalue weighted by molar-refractivity contribution is 5.30. The van der Waals surface area contributed by atoms with Gasteiger partial charge in [-0.1, -0.05) is 12.8 Å². The van der Waals surface area contributed by atoms with E-state index in [1.165, 1.54) is 19.3 Å². The predicted octanol–water partition coefficient (Wildman–Crippen LogP) is 0.957. The number of aromatic nitrogens is 2. The number of nitrogens with two attached hydrogens (primary N) is 1. The maximum Gasteiger partial charge on any atom is 0.220 e. The number of hydrogen-bond donors (Lipinski definition) is 2. The SMILES string of the molecule is COc1cnc(N)nc1CNCCC1CC1. The molecule has 0 spiro atoms. The van der Waals surface area contributed by atoms with Crippen LogP contribution in [-0.4, -0.2) is 23.6 Å². The van der Waals surface area contributed by atoms with Crippen LogP contribution in [0.1, 0.15) is 25.0 Å². The highest BCUT2D eigenvalue weighted by atomic mass is 16.5. The van der Waals surface area contributed by atoms with Gasteiger partial charge in [-0.05, 0) is 18.9 Å². The van der Waals surface area contributed by atoms with Crippen LogP contribution in [0, 0.1) is 5.92 Å². The van der Waals surface area contributed by atoms with Crippen molar-refractivity contribution in [3.8, 4) is 5.75 Å². The molecule has 0 saturated heterocycles. The second kappa shape index (κ2) is 5.12. The molecule has 1 aromatic heterocycles. The van der Waals surface area contributed by atoms with Crippen LogP contribution in [0.2, 0.25) is 0 Å². The van der Waals surface area contributed by atoms with E-state index in [1.807, 2.05) is 0 Å². The summed E-state index contributed by atoms with van der Waals surface area (Å²) in [5.74, 6) is 1.93. The molecule has 0 aliphatic heterocycles. The van der Waals surface area contributed by atoms with Gasteiger partial charge in [0.1, 0.15) is 5.69 Å². The van der Waals surface area contributed by atoms with Crippen LogP contribution in [0.25, 0.3) is 0 Å². The first kappa shape index (κ1) is 11.1. The Bertz CT molecular complexity index is 352. The Balaban J connectivity index is 1.83. The highest BCUT2D eigenvalue weighted by Gasteiger charge is 2.20. The van der Waals surface area contributed by atoms with Crippen LogP contribution in [0.3, 0.4) is 0 Å². The molecule has 1 heterocycles. The third kappa shape index (κ3) is 3.06. The lowest BCUT2D eigenvalue weighted by Crippen LogP contribution is -2.17. The molecule has 1 aromatic rings. The van der Waals surface area contributed by atoms with E-state index in [4.69, 9.17) is 10.5 Å². The topological polar surface area (TPSA) is 73.1 Å². The van der Waals surface area contributed by atoms with E-state index in [0.29, 0.717) is 18.2 Å². The van der Waals surface area contributed by atoms with Crippen LogP contribution < -0.4 is 15.8 Å². The zero-order valence-corrected chi connectivity index (χ0v) is 9.57. The maximum atomic E-state index is 5.54. The zero-order valence-electron chi connectivity index (χ0n) is 9.57. The zero-order chi connectivity index (χ0) is 11.4. The minimum atomic E-state index is 0.291. The lowest BCUT2D eigenvalue weighted by atomic mass is 10.3. The van der Waals surface area contributed by atoms with Crippen LogP contribution in [-0.2, 0) is 6.54 Å². The van der Waals surface area contributed by atoms with E-state index >= 15 is 0 Å². The van der Waals surface area contributed by atoms with Crippen molar-refractivity contribution in [2.45, 2.75) is 25.8 Å². The molecule has 1 fully saturated rings. The number of rotatable bonds is 6. The van der Waals surface area contributed by atoms with Gasteiger partial charge >= 0.3 is 0 Å². The van der Waals surface area contributed by atoms with E-state index in [2.05, 4.69) is 15.3 Å². The Morgan fingerprint density at radius 1 is 1.56 bits per heavy atom. The van der Waals surface area contributed by atoms with Gasteiger partial charge in [0.2, 0.25) is 5.95 Å². The van der Waals surface area contributed by atoms with Crippen LogP contribution >= 0.6 is 0 Å². The van der Waals surface area contributed by atoms with Gasteiger partial charge in [0.25, 0.3) is 0 Å². The fourth-order valence-electron chi connectivity index (χ4n) is 1.64. The minimum Gasteiger partial charge on any atom is -0.493 e. The number of nitrogens with zero attached hydrogens (tertiary/aromatic N) is 2. The quantitative estimate of drug-likeness (QED) is 0.701. The number of nitrogen functional groups attached to an aromatic ring is 1. The molecule has 2 rings (SSSR count). The van der Waals surface area contributed by atoms with E-state index < -0.39 is 0 Å². The molecule has 5 nitrogen and oxygen atoms in total. The van der Waals surface area contributed by atoms with Gasteiger partial charge in [0.15, 0.2) is 5.75 Å². The first-order valence-corrected chi connectivity index (χ1v) is 5.65. The Hall–Kier alpha value is -1.36. The van der Waals surface area contributed by atoms with Crippen molar-refractivity contribution in [2.75, 3.05) is 19.4 Å². The van der Waals surface area contributed by atoms with Gasteiger partial charge in [-0.3, -0.25) is 0 Å². The van der Waals surface area contributed by atoms with Crippen molar-refractivity contribution < 1.29 is 4.74 Å². The molecule has 1 saturated carbocycles. The Labute approximate surface area is 95.4 Å². The summed E-state index contributed by atoms with van der Waals surface area (Å²) in [5.41, 5.74) is 6.36. The summed E-state index contributed by atoms with van der Waals surface area (Å²) >= 11 is 0. The second-order valence-electron chi connectivity index (χ2n) is 4.15. The molecule has 0 bridgehead atoms. The van der Waals surface area contributed by atoms with Crippen molar-refractivity contribution >= 4 is 5.95 Å². The lowest BCUT2D eigenvalue weighted by molar-refractivity contribution is 0.402. The first-order chi connectivity index (χ1) is 7.79. The molecule has 3 N–H and O–H groups in total. The summed E-state index contributed by atoms with van der Waals surface area (Å²) in [4.78, 5) is 8.05. The molecule has 1 aliphatic carbocycles. The van der Waals surface area contributed by atoms with Crippen molar-refractivity contribution in [3.63, 3.8) is 0 Å². The highest BCUT2D eigenvalue weighted by Crippen LogP contribution is 2.31. The van der Waals surface area contributed by atoms with Gasteiger partial charge in [0.05, 0.1) is 13.3 Å². The van der Waals surface area contributed by atoms with E-state index in [0.717, 1.165) is 18.2 Å². The monoisotopic (exact) mass is 222 g/mol. The number of hydrogen-bond acceptors (Lipinski definition) is 5. The number of nitrogens with one attached hydrogen (secondary N) is 1. The molecule has 0 amide bonds.